The summed E-state index contributed by atoms with van der Waals surface area (Å²) in [6, 6.07) is 6.24. The van der Waals surface area contributed by atoms with Gasteiger partial charge in [0.25, 0.3) is 5.91 Å². The Morgan fingerprint density at radius 3 is 1.74 bits per heavy atom. The zero-order valence-electron chi connectivity index (χ0n) is 25.8. The van der Waals surface area contributed by atoms with Crippen LogP contribution in [0.4, 0.5) is 4.79 Å². The summed E-state index contributed by atoms with van der Waals surface area (Å²) in [5, 5.41) is 8.16. The molecule has 1 saturated heterocycles. The van der Waals surface area contributed by atoms with E-state index in [-0.39, 0.29) is 30.8 Å². The Bertz CT molecular complexity index is 1040. The van der Waals surface area contributed by atoms with E-state index in [0.717, 1.165) is 5.56 Å². The predicted molar refractivity (Wildman–Crippen MR) is 158 cm³/mol. The zero-order valence-corrected chi connectivity index (χ0v) is 25.8. The van der Waals surface area contributed by atoms with E-state index in [9.17, 15) is 24.0 Å². The fraction of sp³-hybridized carbons (Fsp3) is 0.645. The van der Waals surface area contributed by atoms with Crippen molar-refractivity contribution >= 4 is 29.6 Å². The van der Waals surface area contributed by atoms with E-state index in [1.807, 2.05) is 71.9 Å². The third-order valence-corrected chi connectivity index (χ3v) is 6.72. The van der Waals surface area contributed by atoms with Crippen LogP contribution in [0.1, 0.15) is 66.4 Å². The minimum absolute atomic E-state index is 0.0244. The van der Waals surface area contributed by atoms with Crippen LogP contribution in [0.2, 0.25) is 0 Å². The van der Waals surface area contributed by atoms with Crippen LogP contribution in [0.25, 0.3) is 0 Å². The van der Waals surface area contributed by atoms with Crippen molar-refractivity contribution in [2.24, 2.45) is 17.8 Å². The van der Waals surface area contributed by atoms with Crippen LogP contribution in [0.5, 0.6) is 0 Å². The highest BCUT2D eigenvalue weighted by Crippen LogP contribution is 2.13. The second kappa shape index (κ2) is 17.5. The monoisotopic (exact) mass is 588 g/mol. The molecule has 1 aromatic rings. The van der Waals surface area contributed by atoms with Crippen molar-refractivity contribution in [1.82, 2.24) is 20.9 Å². The van der Waals surface area contributed by atoms with Gasteiger partial charge in [0.2, 0.25) is 17.6 Å². The molecule has 11 nitrogen and oxygen atoms in total. The second-order valence-electron chi connectivity index (χ2n) is 12.0. The van der Waals surface area contributed by atoms with E-state index < -0.39 is 47.7 Å². The molecule has 1 aliphatic rings. The maximum absolute atomic E-state index is 13.5. The lowest BCUT2D eigenvalue weighted by Gasteiger charge is -2.29. The number of Topliss-reactive ketones (excluding diaryl/α,β-unsaturated/α-hetero) is 1. The smallest absolute Gasteiger partial charge is 0.408 e. The number of alkyl carbamates (subject to hydrolysis) is 1. The van der Waals surface area contributed by atoms with Gasteiger partial charge in [-0.05, 0) is 42.6 Å². The molecule has 0 aromatic heterocycles. The molecule has 3 N–H and O–H groups in total. The molecular formula is C31H48N4O7. The fourth-order valence-electron chi connectivity index (χ4n) is 4.63. The molecular weight excluding hydrogens is 540 g/mol. The number of morpholine rings is 1. The summed E-state index contributed by atoms with van der Waals surface area (Å²) >= 11 is 0. The summed E-state index contributed by atoms with van der Waals surface area (Å²) in [6.07, 6.45) is 0.150. The number of hydrogen-bond donors (Lipinski definition) is 3. The Balaban J connectivity index is 2.12. The second-order valence-corrected chi connectivity index (χ2v) is 12.0. The molecule has 234 valence electrons. The van der Waals surface area contributed by atoms with Gasteiger partial charge >= 0.3 is 6.09 Å². The molecule has 0 saturated carbocycles. The maximum atomic E-state index is 13.5. The van der Waals surface area contributed by atoms with E-state index in [0.29, 0.717) is 39.1 Å². The van der Waals surface area contributed by atoms with Gasteiger partial charge in [0.1, 0.15) is 18.7 Å². The normalized spacial score (nSPS) is 15.6. The highest BCUT2D eigenvalue weighted by Gasteiger charge is 2.34. The maximum Gasteiger partial charge on any atom is 0.408 e. The SMILES string of the molecule is CC(C)C[C@H](NC(=O)OCc1ccccc1)C(=O)N[C@@H](CC(C)C)C(=O)N[C@@H](CC(C)C)C(=O)C(=O)N1CCOCC1. The van der Waals surface area contributed by atoms with Gasteiger partial charge in [-0.25, -0.2) is 4.79 Å². The van der Waals surface area contributed by atoms with Crippen LogP contribution in [0.3, 0.4) is 0 Å². The summed E-state index contributed by atoms with van der Waals surface area (Å²) in [5.41, 5.74) is 0.809. The molecule has 1 aromatic carbocycles. The van der Waals surface area contributed by atoms with Crippen LogP contribution in [0.15, 0.2) is 30.3 Å². The number of carbonyl (C=O) groups is 5. The van der Waals surface area contributed by atoms with Crippen molar-refractivity contribution in [1.29, 1.82) is 0 Å². The number of nitrogens with zero attached hydrogens (tertiary/aromatic N) is 1. The van der Waals surface area contributed by atoms with Crippen molar-refractivity contribution in [2.75, 3.05) is 26.3 Å². The first-order valence-corrected chi connectivity index (χ1v) is 14.9. The number of benzene rings is 1. The summed E-state index contributed by atoms with van der Waals surface area (Å²) in [4.78, 5) is 67.0. The van der Waals surface area contributed by atoms with Gasteiger partial charge < -0.3 is 30.3 Å². The Labute approximate surface area is 249 Å². The molecule has 1 aliphatic heterocycles. The van der Waals surface area contributed by atoms with Crippen LogP contribution < -0.4 is 16.0 Å². The van der Waals surface area contributed by atoms with E-state index in [1.165, 1.54) is 4.90 Å². The first-order chi connectivity index (χ1) is 19.9. The minimum Gasteiger partial charge on any atom is -0.445 e. The molecule has 0 bridgehead atoms. The lowest BCUT2D eigenvalue weighted by Crippen LogP contribution is -2.58. The van der Waals surface area contributed by atoms with Crippen molar-refractivity contribution in [3.63, 3.8) is 0 Å². The number of ketones is 1. The van der Waals surface area contributed by atoms with Crippen molar-refractivity contribution < 1.29 is 33.4 Å². The number of nitrogens with one attached hydrogen (secondary N) is 3. The minimum atomic E-state index is -1.03. The molecule has 1 heterocycles. The largest absolute Gasteiger partial charge is 0.445 e. The average Bonchev–Trinajstić information content (AvgIpc) is 2.94. The van der Waals surface area contributed by atoms with Gasteiger partial charge in [0.05, 0.1) is 19.3 Å². The summed E-state index contributed by atoms with van der Waals surface area (Å²) < 4.78 is 10.6. The van der Waals surface area contributed by atoms with Crippen molar-refractivity contribution in [3.05, 3.63) is 35.9 Å². The standard InChI is InChI=1S/C31H48N4O7/c1-20(2)16-24(27(36)30(39)35-12-14-41-15-13-35)32-28(37)25(17-21(3)4)33-29(38)26(18-22(5)6)34-31(40)42-19-23-10-8-7-9-11-23/h7-11,20-22,24-26H,12-19H2,1-6H3,(H,32,37)(H,33,38)(H,34,40)/t24-,25-,26-/m0/s1. The lowest BCUT2D eigenvalue weighted by molar-refractivity contribution is -0.149. The molecule has 0 spiro atoms. The Hall–Kier alpha value is -3.47. The highest BCUT2D eigenvalue weighted by atomic mass is 16.5. The topological polar surface area (TPSA) is 143 Å². The molecule has 4 amide bonds. The molecule has 2 rings (SSSR count). The van der Waals surface area contributed by atoms with Crippen LogP contribution in [-0.2, 0) is 35.3 Å². The molecule has 11 heteroatoms. The fourth-order valence-corrected chi connectivity index (χ4v) is 4.63. The average molecular weight is 589 g/mol. The quantitative estimate of drug-likeness (QED) is 0.267. The number of amides is 4. The molecule has 0 radical (unpaired) electrons. The van der Waals surface area contributed by atoms with Crippen LogP contribution in [0, 0.1) is 17.8 Å². The Morgan fingerprint density at radius 1 is 0.738 bits per heavy atom. The zero-order chi connectivity index (χ0) is 31.2. The van der Waals surface area contributed by atoms with Gasteiger partial charge in [-0.1, -0.05) is 71.9 Å². The lowest BCUT2D eigenvalue weighted by atomic mass is 9.97. The Kier molecular flexibility index (Phi) is 14.5. The van der Waals surface area contributed by atoms with Gasteiger partial charge in [-0.3, -0.25) is 19.2 Å². The first-order valence-electron chi connectivity index (χ1n) is 14.9. The third-order valence-electron chi connectivity index (χ3n) is 6.72. The van der Waals surface area contributed by atoms with Crippen molar-refractivity contribution in [3.8, 4) is 0 Å². The number of carbonyl (C=O) groups excluding carboxylic acids is 5. The van der Waals surface area contributed by atoms with Gasteiger partial charge in [0.15, 0.2) is 0 Å². The molecule has 3 atom stereocenters. The van der Waals surface area contributed by atoms with Gasteiger partial charge in [-0.2, -0.15) is 0 Å². The molecule has 0 aliphatic carbocycles. The van der Waals surface area contributed by atoms with E-state index >= 15 is 0 Å². The molecule has 42 heavy (non-hydrogen) atoms. The predicted octanol–water partition coefficient (Wildman–Crippen LogP) is 2.82. The van der Waals surface area contributed by atoms with E-state index in [2.05, 4.69) is 16.0 Å². The van der Waals surface area contributed by atoms with Gasteiger partial charge in [0, 0.05) is 13.1 Å². The van der Waals surface area contributed by atoms with Gasteiger partial charge in [-0.15, -0.1) is 0 Å². The third kappa shape index (κ3) is 12.2. The number of rotatable bonds is 15. The molecule has 0 unspecified atom stereocenters. The van der Waals surface area contributed by atoms with E-state index in [1.54, 1.807) is 0 Å². The van der Waals surface area contributed by atoms with Crippen LogP contribution in [-0.4, -0.2) is 78.9 Å². The molecule has 1 fully saturated rings. The van der Waals surface area contributed by atoms with Crippen LogP contribution >= 0.6 is 0 Å². The van der Waals surface area contributed by atoms with E-state index in [4.69, 9.17) is 9.47 Å². The summed E-state index contributed by atoms with van der Waals surface area (Å²) in [7, 11) is 0. The Morgan fingerprint density at radius 2 is 1.21 bits per heavy atom. The number of ether oxygens (including phenoxy) is 2. The number of hydrogen-bond acceptors (Lipinski definition) is 7. The summed E-state index contributed by atoms with van der Waals surface area (Å²) in [5.74, 6) is -2.30. The highest BCUT2D eigenvalue weighted by molar-refractivity contribution is 6.38. The van der Waals surface area contributed by atoms with Crippen molar-refractivity contribution in [2.45, 2.75) is 85.5 Å². The first kappa shape index (κ1) is 34.7. The summed E-state index contributed by atoms with van der Waals surface area (Å²) in [6.45, 7) is 12.9.